The van der Waals surface area contributed by atoms with Gasteiger partial charge in [-0.2, -0.15) is 5.10 Å². The number of hydrogen-bond acceptors (Lipinski definition) is 4. The third-order valence-electron chi connectivity index (χ3n) is 2.29. The Balaban J connectivity index is 3.16. The summed E-state index contributed by atoms with van der Waals surface area (Å²) >= 11 is 0. The molecule has 0 aliphatic heterocycles. The van der Waals surface area contributed by atoms with E-state index in [0.29, 0.717) is 5.88 Å². The highest BCUT2D eigenvalue weighted by Crippen LogP contribution is 2.27. The smallest absolute Gasteiger partial charge is 0.216 e. The van der Waals surface area contributed by atoms with E-state index in [0.717, 1.165) is 11.3 Å². The summed E-state index contributed by atoms with van der Waals surface area (Å²) in [5.41, 5.74) is 1.79. The van der Waals surface area contributed by atoms with Crippen molar-refractivity contribution in [2.45, 2.75) is 13.0 Å². The van der Waals surface area contributed by atoms with Crippen LogP contribution in [0.4, 0.5) is 0 Å². The Hall–Kier alpha value is -1.07. The lowest BCUT2D eigenvalue weighted by atomic mass is 10.1. The molecule has 0 radical (unpaired) electrons. The summed E-state index contributed by atoms with van der Waals surface area (Å²) in [6.45, 7) is 1.93. The minimum atomic E-state index is -0.126. The quantitative estimate of drug-likeness (QED) is 0.716. The first kappa shape index (κ1) is 11.0. The first-order chi connectivity index (χ1) is 6.65. The normalized spacial score (nSPS) is 12.9. The number of methoxy groups -OCH3 is 1. The van der Waals surface area contributed by atoms with Crippen molar-refractivity contribution in [2.24, 2.45) is 7.05 Å². The lowest BCUT2D eigenvalue weighted by Gasteiger charge is -2.14. The molecule has 0 aliphatic carbocycles. The third-order valence-corrected chi connectivity index (χ3v) is 2.29. The van der Waals surface area contributed by atoms with E-state index in [1.807, 2.05) is 14.0 Å². The Labute approximate surface area is 83.7 Å². The fourth-order valence-corrected chi connectivity index (χ4v) is 1.62. The highest BCUT2D eigenvalue weighted by atomic mass is 16.5. The van der Waals surface area contributed by atoms with Crippen molar-refractivity contribution in [3.63, 3.8) is 0 Å². The van der Waals surface area contributed by atoms with Gasteiger partial charge in [-0.15, -0.1) is 0 Å². The van der Waals surface area contributed by atoms with Crippen LogP contribution in [0, 0.1) is 6.92 Å². The Kier molecular flexibility index (Phi) is 3.49. The summed E-state index contributed by atoms with van der Waals surface area (Å²) in [6, 6.07) is -0.126. The van der Waals surface area contributed by atoms with Gasteiger partial charge in [-0.25, -0.2) is 4.68 Å². The molecule has 1 aromatic heterocycles. The number of aliphatic hydroxyl groups is 1. The number of nitrogens with zero attached hydrogens (tertiary/aromatic N) is 2. The molecule has 0 saturated heterocycles. The highest BCUT2D eigenvalue weighted by Gasteiger charge is 2.21. The van der Waals surface area contributed by atoms with Gasteiger partial charge < -0.3 is 15.2 Å². The van der Waals surface area contributed by atoms with Crippen molar-refractivity contribution >= 4 is 0 Å². The zero-order valence-corrected chi connectivity index (χ0v) is 9.03. The number of nitrogens with one attached hydrogen (secondary N) is 1. The Bertz CT molecular complexity index is 305. The zero-order chi connectivity index (χ0) is 10.7. The fraction of sp³-hybridized carbons (Fsp3) is 0.667. The second-order valence-electron chi connectivity index (χ2n) is 3.16. The molecule has 0 saturated carbocycles. The van der Waals surface area contributed by atoms with Crippen molar-refractivity contribution < 1.29 is 9.84 Å². The molecule has 1 heterocycles. The van der Waals surface area contributed by atoms with Crippen LogP contribution < -0.4 is 10.1 Å². The summed E-state index contributed by atoms with van der Waals surface area (Å²) in [7, 11) is 5.22. The minimum Gasteiger partial charge on any atom is -0.481 e. The van der Waals surface area contributed by atoms with Gasteiger partial charge in [0, 0.05) is 7.05 Å². The third kappa shape index (κ3) is 1.73. The molecule has 0 aliphatic rings. The molecule has 0 spiro atoms. The molecule has 80 valence electrons. The first-order valence-corrected chi connectivity index (χ1v) is 4.51. The second kappa shape index (κ2) is 4.43. The van der Waals surface area contributed by atoms with Crippen LogP contribution in [-0.2, 0) is 7.05 Å². The number of likely N-dealkylation sites (N-methyl/N-ethyl adjacent to an activating group) is 1. The number of rotatable bonds is 4. The van der Waals surface area contributed by atoms with E-state index in [2.05, 4.69) is 10.4 Å². The summed E-state index contributed by atoms with van der Waals surface area (Å²) in [4.78, 5) is 0. The molecule has 1 aromatic rings. The van der Waals surface area contributed by atoms with Crippen LogP contribution in [0.25, 0.3) is 0 Å². The van der Waals surface area contributed by atoms with E-state index in [4.69, 9.17) is 4.74 Å². The molecule has 2 N–H and O–H groups in total. The lowest BCUT2D eigenvalue weighted by Crippen LogP contribution is -2.21. The average Bonchev–Trinajstić information content (AvgIpc) is 2.44. The van der Waals surface area contributed by atoms with Crippen LogP contribution in [-0.4, -0.2) is 35.7 Å². The van der Waals surface area contributed by atoms with Gasteiger partial charge in [0.05, 0.1) is 31.0 Å². The Morgan fingerprint density at radius 3 is 2.71 bits per heavy atom. The van der Waals surface area contributed by atoms with Gasteiger partial charge >= 0.3 is 0 Å². The topological polar surface area (TPSA) is 59.3 Å². The van der Waals surface area contributed by atoms with Gasteiger partial charge in [-0.1, -0.05) is 0 Å². The van der Waals surface area contributed by atoms with E-state index in [1.54, 1.807) is 18.8 Å². The molecule has 0 fully saturated rings. The van der Waals surface area contributed by atoms with E-state index in [9.17, 15) is 5.11 Å². The molecule has 5 heteroatoms. The van der Waals surface area contributed by atoms with Gasteiger partial charge in [-0.3, -0.25) is 0 Å². The van der Waals surface area contributed by atoms with Gasteiger partial charge in [0.15, 0.2) is 0 Å². The first-order valence-electron chi connectivity index (χ1n) is 4.51. The van der Waals surface area contributed by atoms with E-state index < -0.39 is 0 Å². The number of hydrogen-bond donors (Lipinski definition) is 2. The summed E-state index contributed by atoms with van der Waals surface area (Å²) in [6.07, 6.45) is 0. The molecule has 1 atom stereocenters. The largest absolute Gasteiger partial charge is 0.481 e. The molecule has 0 aromatic carbocycles. The van der Waals surface area contributed by atoms with Crippen LogP contribution in [0.3, 0.4) is 0 Å². The number of aryl methyl sites for hydroxylation is 2. The van der Waals surface area contributed by atoms with E-state index in [1.165, 1.54) is 0 Å². The maximum atomic E-state index is 9.18. The second-order valence-corrected chi connectivity index (χ2v) is 3.16. The van der Waals surface area contributed by atoms with Crippen LogP contribution in [0.1, 0.15) is 17.3 Å². The van der Waals surface area contributed by atoms with Crippen molar-refractivity contribution in [1.29, 1.82) is 0 Å². The number of aliphatic hydroxyl groups excluding tert-OH is 1. The van der Waals surface area contributed by atoms with Crippen molar-refractivity contribution in [3.05, 3.63) is 11.3 Å². The van der Waals surface area contributed by atoms with Crippen molar-refractivity contribution in [2.75, 3.05) is 20.8 Å². The zero-order valence-electron chi connectivity index (χ0n) is 9.03. The predicted octanol–water partition coefficient (Wildman–Crippen LogP) is -0.0101. The summed E-state index contributed by atoms with van der Waals surface area (Å²) in [5.74, 6) is 0.691. The number of aromatic nitrogens is 2. The predicted molar refractivity (Wildman–Crippen MR) is 53.4 cm³/mol. The molecule has 0 amide bonds. The molecular formula is C9H17N3O2. The molecule has 0 bridgehead atoms. The standard InChI is InChI=1S/C9H17N3O2/c1-6-8(7(5-13)10-2)9(14-4)12(3)11-6/h7,10,13H,5H2,1-4H3. The van der Waals surface area contributed by atoms with Crippen LogP contribution in [0.15, 0.2) is 0 Å². The van der Waals surface area contributed by atoms with Gasteiger partial charge in [0.25, 0.3) is 0 Å². The molecule has 1 rings (SSSR count). The van der Waals surface area contributed by atoms with Crippen molar-refractivity contribution in [3.8, 4) is 5.88 Å². The number of ether oxygens (including phenoxy) is 1. The summed E-state index contributed by atoms with van der Waals surface area (Å²) < 4.78 is 6.90. The highest BCUT2D eigenvalue weighted by molar-refractivity contribution is 5.34. The minimum absolute atomic E-state index is 0.0272. The van der Waals surface area contributed by atoms with Gasteiger partial charge in [0.2, 0.25) is 5.88 Å². The van der Waals surface area contributed by atoms with E-state index in [-0.39, 0.29) is 12.6 Å². The van der Waals surface area contributed by atoms with Gasteiger partial charge in [0.1, 0.15) is 0 Å². The van der Waals surface area contributed by atoms with Gasteiger partial charge in [-0.05, 0) is 14.0 Å². The molecule has 1 unspecified atom stereocenters. The fourth-order valence-electron chi connectivity index (χ4n) is 1.62. The van der Waals surface area contributed by atoms with E-state index >= 15 is 0 Å². The molecular weight excluding hydrogens is 182 g/mol. The SMILES string of the molecule is CNC(CO)c1c(C)nn(C)c1OC. The summed E-state index contributed by atoms with van der Waals surface area (Å²) in [5, 5.41) is 16.4. The van der Waals surface area contributed by atoms with Crippen molar-refractivity contribution in [1.82, 2.24) is 15.1 Å². The van der Waals surface area contributed by atoms with Crippen LogP contribution >= 0.6 is 0 Å². The molecule has 5 nitrogen and oxygen atoms in total. The average molecular weight is 199 g/mol. The lowest BCUT2D eigenvalue weighted by molar-refractivity contribution is 0.246. The van der Waals surface area contributed by atoms with Crippen LogP contribution in [0.2, 0.25) is 0 Å². The maximum absolute atomic E-state index is 9.18. The van der Waals surface area contributed by atoms with Crippen LogP contribution in [0.5, 0.6) is 5.88 Å². The Morgan fingerprint density at radius 1 is 1.64 bits per heavy atom. The Morgan fingerprint density at radius 2 is 2.29 bits per heavy atom. The monoisotopic (exact) mass is 199 g/mol. The molecule has 14 heavy (non-hydrogen) atoms. The maximum Gasteiger partial charge on any atom is 0.216 e.